The van der Waals surface area contributed by atoms with Gasteiger partial charge in [0.15, 0.2) is 6.67 Å². The standard InChI is InChI=1S/C19H20F6N4O4/c1-10(15(31)26-9-18(21,22)19(23,24)25)16(32)27-11-8-29(14(30)7-20)13-6-4-3-5-12(13)28(2)17(11)33/h3-6,10-11H,7-9H2,1-2H3,(H,26,31)(H,27,32)/t10?,11-/m0/s1. The SMILES string of the molecule is CC(C(=O)NCC(F)(F)C(F)(F)F)C(=O)N[C@H]1CN(C(=O)CF)c2ccccc2N(C)C1=O. The average molecular weight is 482 g/mol. The first-order chi connectivity index (χ1) is 15.2. The Hall–Kier alpha value is -3.32. The number of benzene rings is 1. The molecule has 1 aliphatic heterocycles. The number of carbonyl (C=O) groups excluding carboxylic acids is 4. The Morgan fingerprint density at radius 2 is 1.67 bits per heavy atom. The van der Waals surface area contributed by atoms with Crippen LogP contribution < -0.4 is 20.4 Å². The number of likely N-dealkylation sites (N-methyl/N-ethyl adjacent to an activating group) is 1. The molecule has 4 amide bonds. The van der Waals surface area contributed by atoms with E-state index < -0.39 is 67.5 Å². The number of fused-ring (bicyclic) bond motifs is 1. The first-order valence-corrected chi connectivity index (χ1v) is 9.46. The number of para-hydroxylation sites is 2. The lowest BCUT2D eigenvalue weighted by molar-refractivity contribution is -0.278. The summed E-state index contributed by atoms with van der Waals surface area (Å²) in [5.41, 5.74) is 0.425. The second-order valence-electron chi connectivity index (χ2n) is 7.23. The average Bonchev–Trinajstić information content (AvgIpc) is 2.86. The maximum absolute atomic E-state index is 13.1. The Bertz CT molecular complexity index is 939. The van der Waals surface area contributed by atoms with Crippen molar-refractivity contribution in [3.63, 3.8) is 0 Å². The van der Waals surface area contributed by atoms with E-state index in [1.54, 1.807) is 6.07 Å². The monoisotopic (exact) mass is 482 g/mol. The molecule has 0 fully saturated rings. The summed E-state index contributed by atoms with van der Waals surface area (Å²) in [4.78, 5) is 51.3. The van der Waals surface area contributed by atoms with E-state index in [0.717, 1.165) is 16.7 Å². The minimum atomic E-state index is -5.90. The van der Waals surface area contributed by atoms with Crippen molar-refractivity contribution in [2.24, 2.45) is 5.92 Å². The molecule has 182 valence electrons. The van der Waals surface area contributed by atoms with Crippen molar-refractivity contribution in [1.82, 2.24) is 10.6 Å². The number of rotatable bonds is 6. The van der Waals surface area contributed by atoms with Crippen LogP contribution in [0.1, 0.15) is 6.92 Å². The largest absolute Gasteiger partial charge is 0.455 e. The molecule has 14 heteroatoms. The highest BCUT2D eigenvalue weighted by atomic mass is 19.4. The van der Waals surface area contributed by atoms with Gasteiger partial charge in [0.1, 0.15) is 12.0 Å². The molecule has 2 N–H and O–H groups in total. The molecular formula is C19H20F6N4O4. The molecule has 1 heterocycles. The third-order valence-electron chi connectivity index (χ3n) is 4.95. The first kappa shape index (κ1) is 25.9. The fraction of sp³-hybridized carbons (Fsp3) is 0.474. The van der Waals surface area contributed by atoms with Crippen molar-refractivity contribution in [2.45, 2.75) is 25.1 Å². The van der Waals surface area contributed by atoms with Crippen LogP contribution in [-0.2, 0) is 19.2 Å². The molecule has 2 atom stereocenters. The Balaban J connectivity index is 2.17. The smallest absolute Gasteiger partial charge is 0.349 e. The molecule has 1 aliphatic rings. The summed E-state index contributed by atoms with van der Waals surface area (Å²) in [6.45, 7) is -3.05. The number of alkyl halides is 6. The van der Waals surface area contributed by atoms with Gasteiger partial charge in [0, 0.05) is 7.05 Å². The maximum Gasteiger partial charge on any atom is 0.455 e. The van der Waals surface area contributed by atoms with Crippen LogP contribution in [0.5, 0.6) is 0 Å². The fourth-order valence-corrected chi connectivity index (χ4v) is 2.97. The summed E-state index contributed by atoms with van der Waals surface area (Å²) >= 11 is 0. The van der Waals surface area contributed by atoms with Gasteiger partial charge in [0.05, 0.1) is 24.5 Å². The van der Waals surface area contributed by atoms with E-state index in [-0.39, 0.29) is 11.4 Å². The number of halogens is 6. The van der Waals surface area contributed by atoms with Crippen LogP contribution in [0.3, 0.4) is 0 Å². The first-order valence-electron chi connectivity index (χ1n) is 9.46. The summed E-state index contributed by atoms with van der Waals surface area (Å²) in [5.74, 6) is -11.3. The molecule has 33 heavy (non-hydrogen) atoms. The van der Waals surface area contributed by atoms with Crippen LogP contribution in [0.15, 0.2) is 24.3 Å². The molecule has 0 aliphatic carbocycles. The zero-order chi connectivity index (χ0) is 25.1. The van der Waals surface area contributed by atoms with E-state index in [4.69, 9.17) is 0 Å². The molecular weight excluding hydrogens is 462 g/mol. The zero-order valence-electron chi connectivity index (χ0n) is 17.4. The zero-order valence-corrected chi connectivity index (χ0v) is 17.4. The highest BCUT2D eigenvalue weighted by molar-refractivity contribution is 6.09. The lowest BCUT2D eigenvalue weighted by Gasteiger charge is -2.25. The molecule has 0 spiro atoms. The molecule has 1 aromatic carbocycles. The van der Waals surface area contributed by atoms with Crippen molar-refractivity contribution in [3.05, 3.63) is 24.3 Å². The van der Waals surface area contributed by atoms with E-state index in [1.165, 1.54) is 30.6 Å². The van der Waals surface area contributed by atoms with Crippen LogP contribution in [-0.4, -0.2) is 68.6 Å². The molecule has 0 saturated heterocycles. The van der Waals surface area contributed by atoms with Crippen LogP contribution in [0.2, 0.25) is 0 Å². The Labute approximate surface area is 183 Å². The topological polar surface area (TPSA) is 98.8 Å². The van der Waals surface area contributed by atoms with Gasteiger partial charge in [-0.25, -0.2) is 4.39 Å². The lowest BCUT2D eigenvalue weighted by atomic mass is 10.1. The molecule has 1 aromatic rings. The molecule has 0 saturated carbocycles. The molecule has 8 nitrogen and oxygen atoms in total. The number of anilines is 2. The predicted octanol–water partition coefficient (Wildman–Crippen LogP) is 1.40. The van der Waals surface area contributed by atoms with Crippen molar-refractivity contribution < 1.29 is 45.5 Å². The van der Waals surface area contributed by atoms with Crippen molar-refractivity contribution >= 4 is 35.0 Å². The second kappa shape index (κ2) is 9.67. The molecule has 0 radical (unpaired) electrons. The third-order valence-corrected chi connectivity index (χ3v) is 4.95. The number of carbonyl (C=O) groups is 4. The van der Waals surface area contributed by atoms with Gasteiger partial charge < -0.3 is 20.4 Å². The van der Waals surface area contributed by atoms with Crippen molar-refractivity contribution in [1.29, 1.82) is 0 Å². The van der Waals surface area contributed by atoms with E-state index in [9.17, 15) is 45.5 Å². The van der Waals surface area contributed by atoms with Crippen molar-refractivity contribution in [2.75, 3.05) is 36.6 Å². The minimum Gasteiger partial charge on any atom is -0.349 e. The van der Waals surface area contributed by atoms with Crippen LogP contribution >= 0.6 is 0 Å². The molecule has 0 bridgehead atoms. The highest BCUT2D eigenvalue weighted by Gasteiger charge is 2.57. The number of nitrogens with one attached hydrogen (secondary N) is 2. The molecule has 2 rings (SSSR count). The van der Waals surface area contributed by atoms with Crippen LogP contribution in [0.25, 0.3) is 0 Å². The van der Waals surface area contributed by atoms with Gasteiger partial charge in [0.2, 0.25) is 11.8 Å². The number of hydrogen-bond donors (Lipinski definition) is 2. The lowest BCUT2D eigenvalue weighted by Crippen LogP contribution is -2.55. The van der Waals surface area contributed by atoms with Gasteiger partial charge in [-0.3, -0.25) is 19.2 Å². The summed E-state index contributed by atoms with van der Waals surface area (Å²) in [7, 11) is 1.33. The van der Waals surface area contributed by atoms with Crippen LogP contribution in [0, 0.1) is 5.92 Å². The van der Waals surface area contributed by atoms with E-state index in [2.05, 4.69) is 5.32 Å². The van der Waals surface area contributed by atoms with Gasteiger partial charge in [-0.1, -0.05) is 12.1 Å². The molecule has 0 aromatic heterocycles. The summed E-state index contributed by atoms with van der Waals surface area (Å²) in [6.07, 6.45) is -5.90. The highest BCUT2D eigenvalue weighted by Crippen LogP contribution is 2.35. The Morgan fingerprint density at radius 1 is 1.09 bits per heavy atom. The third kappa shape index (κ3) is 5.54. The summed E-state index contributed by atoms with van der Waals surface area (Å²) in [6, 6.07) is 4.57. The minimum absolute atomic E-state index is 0.188. The van der Waals surface area contributed by atoms with E-state index in [1.807, 2.05) is 0 Å². The number of amides is 4. The van der Waals surface area contributed by atoms with Crippen molar-refractivity contribution in [3.8, 4) is 0 Å². The predicted molar refractivity (Wildman–Crippen MR) is 103 cm³/mol. The van der Waals surface area contributed by atoms with E-state index in [0.29, 0.717) is 0 Å². The second-order valence-corrected chi connectivity index (χ2v) is 7.23. The quantitative estimate of drug-likeness (QED) is 0.473. The number of nitrogens with zero attached hydrogens (tertiary/aromatic N) is 2. The van der Waals surface area contributed by atoms with Crippen LogP contribution in [0.4, 0.5) is 37.7 Å². The Morgan fingerprint density at radius 3 is 2.21 bits per heavy atom. The van der Waals surface area contributed by atoms with Gasteiger partial charge in [0.25, 0.3) is 11.8 Å². The fourth-order valence-electron chi connectivity index (χ4n) is 2.97. The summed E-state index contributed by atoms with van der Waals surface area (Å²) in [5, 5.41) is 3.52. The Kier molecular flexibility index (Phi) is 7.60. The van der Waals surface area contributed by atoms with Gasteiger partial charge >= 0.3 is 12.1 Å². The van der Waals surface area contributed by atoms with E-state index >= 15 is 0 Å². The van der Waals surface area contributed by atoms with Gasteiger partial charge in [-0.15, -0.1) is 0 Å². The number of hydrogen-bond acceptors (Lipinski definition) is 4. The normalized spacial score (nSPS) is 17.7. The summed E-state index contributed by atoms with van der Waals surface area (Å²) < 4.78 is 75.8. The maximum atomic E-state index is 13.1. The van der Waals surface area contributed by atoms with Gasteiger partial charge in [-0.2, -0.15) is 22.0 Å². The molecule has 1 unspecified atom stereocenters. The van der Waals surface area contributed by atoms with Gasteiger partial charge in [-0.05, 0) is 19.1 Å².